The van der Waals surface area contributed by atoms with Gasteiger partial charge in [0, 0.05) is 12.6 Å². The number of rotatable bonds is 4. The summed E-state index contributed by atoms with van der Waals surface area (Å²) in [5, 5.41) is 25.9. The lowest BCUT2D eigenvalue weighted by atomic mass is 10.2. The predicted molar refractivity (Wildman–Crippen MR) is 62.4 cm³/mol. The molecule has 2 rings (SSSR count). The van der Waals surface area contributed by atoms with Crippen molar-refractivity contribution in [1.29, 1.82) is 0 Å². The van der Waals surface area contributed by atoms with E-state index in [9.17, 15) is 14.9 Å². The number of nitrogens with one attached hydrogen (secondary N) is 1. The monoisotopic (exact) mass is 250 g/mol. The van der Waals surface area contributed by atoms with E-state index in [1.54, 1.807) is 12.1 Å². The van der Waals surface area contributed by atoms with Crippen LogP contribution < -0.4 is 5.32 Å². The van der Waals surface area contributed by atoms with Crippen molar-refractivity contribution >= 4 is 22.7 Å². The molecule has 1 amide bonds. The zero-order valence-electron chi connectivity index (χ0n) is 9.24. The van der Waals surface area contributed by atoms with Crippen LogP contribution in [0.25, 0.3) is 10.9 Å². The second-order valence-electron chi connectivity index (χ2n) is 3.57. The van der Waals surface area contributed by atoms with Crippen LogP contribution in [0.1, 0.15) is 0 Å². The van der Waals surface area contributed by atoms with Gasteiger partial charge in [0.1, 0.15) is 0 Å². The van der Waals surface area contributed by atoms with Gasteiger partial charge < -0.3 is 10.4 Å². The summed E-state index contributed by atoms with van der Waals surface area (Å²) in [5.74, 6) is 0. The van der Waals surface area contributed by atoms with E-state index in [-0.39, 0.29) is 12.2 Å². The van der Waals surface area contributed by atoms with Gasteiger partial charge in [-0.15, -0.1) is 0 Å². The number of amides is 1. The third kappa shape index (κ3) is 2.21. The van der Waals surface area contributed by atoms with Crippen LogP contribution in [-0.4, -0.2) is 32.4 Å². The summed E-state index contributed by atoms with van der Waals surface area (Å²) in [7, 11) is 0. The molecule has 0 aliphatic heterocycles. The zero-order chi connectivity index (χ0) is 13.1. The molecule has 94 valence electrons. The first-order chi connectivity index (χ1) is 8.59. The average molecular weight is 250 g/mol. The first-order valence-corrected chi connectivity index (χ1v) is 5.15. The van der Waals surface area contributed by atoms with E-state index in [1.165, 1.54) is 16.9 Å². The number of hydrogen-bond acceptors (Lipinski definition) is 4. The standard InChI is InChI=1S/C10H10N4O4/c15-10(16)11-4-5-13-8-2-1-3-9(14(17)18)7(8)6-12-13/h1-3,6,11H,4-5H2,(H,15,16). The molecule has 0 spiro atoms. The summed E-state index contributed by atoms with van der Waals surface area (Å²) >= 11 is 0. The van der Waals surface area contributed by atoms with Crippen LogP contribution in [0.4, 0.5) is 10.5 Å². The topological polar surface area (TPSA) is 110 Å². The molecule has 0 atom stereocenters. The number of fused-ring (bicyclic) bond motifs is 1. The Morgan fingerprint density at radius 3 is 3.00 bits per heavy atom. The van der Waals surface area contributed by atoms with Crippen LogP contribution in [0.2, 0.25) is 0 Å². The van der Waals surface area contributed by atoms with Crippen LogP contribution >= 0.6 is 0 Å². The van der Waals surface area contributed by atoms with Gasteiger partial charge in [-0.05, 0) is 6.07 Å². The minimum atomic E-state index is -1.11. The quantitative estimate of drug-likeness (QED) is 0.626. The fourth-order valence-electron chi connectivity index (χ4n) is 1.69. The molecule has 1 heterocycles. The summed E-state index contributed by atoms with van der Waals surface area (Å²) in [6, 6.07) is 4.68. The van der Waals surface area contributed by atoms with Gasteiger partial charge in [0.05, 0.1) is 28.6 Å². The molecule has 0 saturated carbocycles. The molecular formula is C10H10N4O4. The number of carbonyl (C=O) groups is 1. The van der Waals surface area contributed by atoms with E-state index < -0.39 is 11.0 Å². The SMILES string of the molecule is O=C(O)NCCn1ncc2c([N+](=O)[O-])cccc21. The van der Waals surface area contributed by atoms with Gasteiger partial charge in [0.2, 0.25) is 0 Å². The minimum absolute atomic E-state index is 0.00931. The van der Waals surface area contributed by atoms with Crippen LogP contribution in [0.5, 0.6) is 0 Å². The van der Waals surface area contributed by atoms with Crippen molar-refractivity contribution in [2.45, 2.75) is 6.54 Å². The number of nitro benzene ring substituents is 1. The molecule has 2 aromatic rings. The van der Waals surface area contributed by atoms with Crippen molar-refractivity contribution in [3.63, 3.8) is 0 Å². The Balaban J connectivity index is 2.28. The number of hydrogen-bond donors (Lipinski definition) is 2. The van der Waals surface area contributed by atoms with Gasteiger partial charge in [-0.3, -0.25) is 14.8 Å². The van der Waals surface area contributed by atoms with Gasteiger partial charge in [-0.1, -0.05) is 6.07 Å². The summed E-state index contributed by atoms with van der Waals surface area (Å²) in [6.07, 6.45) is 0.297. The maximum absolute atomic E-state index is 10.8. The number of nitrogens with zero attached hydrogens (tertiary/aromatic N) is 3. The van der Waals surface area contributed by atoms with Crippen LogP contribution in [0.3, 0.4) is 0 Å². The predicted octanol–water partition coefficient (Wildman–Crippen LogP) is 1.21. The molecule has 1 aromatic carbocycles. The Morgan fingerprint density at radius 1 is 1.56 bits per heavy atom. The van der Waals surface area contributed by atoms with Crippen LogP contribution in [-0.2, 0) is 6.54 Å². The number of non-ortho nitro benzene ring substituents is 1. The molecule has 8 nitrogen and oxygen atoms in total. The maximum Gasteiger partial charge on any atom is 0.404 e. The molecule has 0 aliphatic carbocycles. The molecule has 1 aromatic heterocycles. The highest BCUT2D eigenvalue weighted by molar-refractivity contribution is 5.87. The first-order valence-electron chi connectivity index (χ1n) is 5.15. The second-order valence-corrected chi connectivity index (χ2v) is 3.57. The fraction of sp³-hybridized carbons (Fsp3) is 0.200. The fourth-order valence-corrected chi connectivity index (χ4v) is 1.69. The van der Waals surface area contributed by atoms with Crippen molar-refractivity contribution in [2.75, 3.05) is 6.54 Å². The molecular weight excluding hydrogens is 240 g/mol. The van der Waals surface area contributed by atoms with Crippen LogP contribution in [0, 0.1) is 10.1 Å². The number of benzene rings is 1. The highest BCUT2D eigenvalue weighted by Gasteiger charge is 2.14. The molecule has 0 saturated heterocycles. The second kappa shape index (κ2) is 4.70. The molecule has 18 heavy (non-hydrogen) atoms. The van der Waals surface area contributed by atoms with Gasteiger partial charge in [-0.2, -0.15) is 5.10 Å². The normalized spacial score (nSPS) is 10.4. The number of nitro groups is 1. The van der Waals surface area contributed by atoms with Crippen molar-refractivity contribution in [1.82, 2.24) is 15.1 Å². The van der Waals surface area contributed by atoms with Crippen molar-refractivity contribution in [3.05, 3.63) is 34.5 Å². The molecule has 0 unspecified atom stereocenters. The van der Waals surface area contributed by atoms with E-state index in [0.29, 0.717) is 17.4 Å². The van der Waals surface area contributed by atoms with Crippen LogP contribution in [0.15, 0.2) is 24.4 Å². The lowest BCUT2D eigenvalue weighted by molar-refractivity contribution is -0.383. The Hall–Kier alpha value is -2.64. The molecule has 0 aliphatic rings. The molecule has 8 heteroatoms. The number of carboxylic acid groups (broad SMARTS) is 1. The third-order valence-electron chi connectivity index (χ3n) is 2.46. The van der Waals surface area contributed by atoms with E-state index >= 15 is 0 Å². The Labute approximate surface area is 101 Å². The molecule has 0 bridgehead atoms. The average Bonchev–Trinajstić information content (AvgIpc) is 2.72. The zero-order valence-corrected chi connectivity index (χ0v) is 9.24. The molecule has 0 fully saturated rings. The van der Waals surface area contributed by atoms with E-state index in [0.717, 1.165) is 0 Å². The van der Waals surface area contributed by atoms with E-state index in [2.05, 4.69) is 10.4 Å². The van der Waals surface area contributed by atoms with Gasteiger partial charge in [0.25, 0.3) is 5.69 Å². The lowest BCUT2D eigenvalue weighted by Crippen LogP contribution is -2.25. The summed E-state index contributed by atoms with van der Waals surface area (Å²) < 4.78 is 1.53. The number of aromatic nitrogens is 2. The highest BCUT2D eigenvalue weighted by atomic mass is 16.6. The van der Waals surface area contributed by atoms with Crippen molar-refractivity contribution < 1.29 is 14.8 Å². The Morgan fingerprint density at radius 2 is 2.33 bits per heavy atom. The molecule has 0 radical (unpaired) electrons. The van der Waals surface area contributed by atoms with E-state index in [4.69, 9.17) is 5.11 Å². The van der Waals surface area contributed by atoms with Crippen molar-refractivity contribution in [2.24, 2.45) is 0 Å². The summed E-state index contributed by atoms with van der Waals surface area (Å²) in [6.45, 7) is 0.506. The molecule has 2 N–H and O–H groups in total. The van der Waals surface area contributed by atoms with Crippen molar-refractivity contribution in [3.8, 4) is 0 Å². The minimum Gasteiger partial charge on any atom is -0.465 e. The smallest absolute Gasteiger partial charge is 0.404 e. The maximum atomic E-state index is 10.8. The largest absolute Gasteiger partial charge is 0.465 e. The Kier molecular flexibility index (Phi) is 3.09. The lowest BCUT2D eigenvalue weighted by Gasteiger charge is -2.03. The van der Waals surface area contributed by atoms with Gasteiger partial charge >= 0.3 is 6.09 Å². The summed E-state index contributed by atoms with van der Waals surface area (Å²) in [4.78, 5) is 20.6. The van der Waals surface area contributed by atoms with Gasteiger partial charge in [-0.25, -0.2) is 4.79 Å². The highest BCUT2D eigenvalue weighted by Crippen LogP contribution is 2.24. The van der Waals surface area contributed by atoms with Gasteiger partial charge in [0.15, 0.2) is 0 Å². The Bertz CT molecular complexity index is 607. The third-order valence-corrected chi connectivity index (χ3v) is 2.46. The first kappa shape index (κ1) is 11.8. The van der Waals surface area contributed by atoms with E-state index in [1.807, 2.05) is 0 Å². The summed E-state index contributed by atoms with van der Waals surface area (Å²) in [5.41, 5.74) is 0.598.